The predicted molar refractivity (Wildman–Crippen MR) is 74.6 cm³/mol. The molecule has 5 heteroatoms. The van der Waals surface area contributed by atoms with Crippen molar-refractivity contribution in [2.24, 2.45) is 4.99 Å². The molecule has 0 N–H and O–H groups in total. The van der Waals surface area contributed by atoms with Crippen LogP contribution in [-0.4, -0.2) is 35.2 Å². The molecule has 18 heavy (non-hydrogen) atoms. The van der Waals surface area contributed by atoms with Crippen molar-refractivity contribution in [2.75, 3.05) is 12.9 Å². The van der Waals surface area contributed by atoms with Gasteiger partial charge in [-0.25, -0.2) is 9.59 Å². The molecule has 0 aromatic heterocycles. The summed E-state index contributed by atoms with van der Waals surface area (Å²) in [6.07, 6.45) is 3.81. The van der Waals surface area contributed by atoms with Gasteiger partial charge >= 0.3 is 5.97 Å². The summed E-state index contributed by atoms with van der Waals surface area (Å²) in [4.78, 5) is 26.3. The molecule has 104 valence electrons. The molecule has 1 unspecified atom stereocenters. The normalized spacial score (nSPS) is 14.5. The molecule has 0 aromatic rings. The minimum absolute atomic E-state index is 0.00386. The smallest absolute Gasteiger partial charge is 0.335 e. The molecule has 0 heterocycles. The number of thioether (sulfide) groups is 1. The molecule has 0 aliphatic heterocycles. The summed E-state index contributed by atoms with van der Waals surface area (Å²) in [6, 6.07) is 0. The quantitative estimate of drug-likeness (QED) is 0.406. The molecule has 0 aliphatic carbocycles. The fourth-order valence-electron chi connectivity index (χ4n) is 1.45. The van der Waals surface area contributed by atoms with Gasteiger partial charge in [-0.1, -0.05) is 40.5 Å². The lowest BCUT2D eigenvalue weighted by Crippen LogP contribution is -2.41. The second kappa shape index (κ2) is 7.59. The lowest BCUT2D eigenvalue weighted by Gasteiger charge is -2.28. The lowest BCUT2D eigenvalue weighted by molar-refractivity contribution is -0.146. The summed E-state index contributed by atoms with van der Waals surface area (Å²) < 4.78 is 4.81. The van der Waals surface area contributed by atoms with E-state index in [1.54, 1.807) is 11.8 Å². The SMILES string of the molecule is CCCCC(CSC(C)(C)C)(N=C=O)C(=O)OC. The van der Waals surface area contributed by atoms with E-state index in [2.05, 4.69) is 25.8 Å². The van der Waals surface area contributed by atoms with Crippen molar-refractivity contribution in [2.45, 2.75) is 57.2 Å². The number of unbranched alkanes of at least 4 members (excludes halogenated alkanes) is 1. The minimum Gasteiger partial charge on any atom is -0.467 e. The number of hydrogen-bond acceptors (Lipinski definition) is 5. The van der Waals surface area contributed by atoms with E-state index >= 15 is 0 Å². The molecule has 0 bridgehead atoms. The van der Waals surface area contributed by atoms with Crippen molar-refractivity contribution >= 4 is 23.8 Å². The Balaban J connectivity index is 5.06. The Hall–Kier alpha value is -0.800. The van der Waals surface area contributed by atoms with Crippen LogP contribution in [0.3, 0.4) is 0 Å². The number of nitrogens with zero attached hydrogens (tertiary/aromatic N) is 1. The average molecular weight is 273 g/mol. The molecular weight excluding hydrogens is 250 g/mol. The Morgan fingerprint density at radius 3 is 2.39 bits per heavy atom. The molecule has 0 aliphatic rings. The van der Waals surface area contributed by atoms with Crippen molar-refractivity contribution in [3.8, 4) is 0 Å². The molecule has 0 amide bonds. The highest BCUT2D eigenvalue weighted by molar-refractivity contribution is 8.00. The molecule has 0 fully saturated rings. The van der Waals surface area contributed by atoms with Crippen LogP contribution in [0.25, 0.3) is 0 Å². The number of rotatable bonds is 7. The Morgan fingerprint density at radius 1 is 1.39 bits per heavy atom. The zero-order chi connectivity index (χ0) is 14.2. The van der Waals surface area contributed by atoms with Gasteiger partial charge in [-0.2, -0.15) is 16.8 Å². The third-order valence-electron chi connectivity index (χ3n) is 2.51. The van der Waals surface area contributed by atoms with Gasteiger partial charge in [-0.3, -0.25) is 0 Å². The van der Waals surface area contributed by atoms with Crippen LogP contribution >= 0.6 is 11.8 Å². The van der Waals surface area contributed by atoms with Gasteiger partial charge in [0.1, 0.15) is 0 Å². The Bertz CT molecular complexity index is 319. The average Bonchev–Trinajstić information content (AvgIpc) is 2.31. The van der Waals surface area contributed by atoms with Crippen LogP contribution in [0.1, 0.15) is 47.0 Å². The number of ether oxygens (including phenoxy) is 1. The second-order valence-electron chi connectivity index (χ2n) is 5.23. The fourth-order valence-corrected chi connectivity index (χ4v) is 2.45. The monoisotopic (exact) mass is 273 g/mol. The van der Waals surface area contributed by atoms with E-state index in [1.807, 2.05) is 6.92 Å². The Kier molecular flexibility index (Phi) is 7.26. The van der Waals surface area contributed by atoms with Crippen molar-refractivity contribution in [1.82, 2.24) is 0 Å². The van der Waals surface area contributed by atoms with E-state index in [1.165, 1.54) is 13.2 Å². The summed E-state index contributed by atoms with van der Waals surface area (Å²) in [5.74, 6) is -0.00523. The number of methoxy groups -OCH3 is 1. The van der Waals surface area contributed by atoms with Gasteiger partial charge in [0.2, 0.25) is 6.08 Å². The minimum atomic E-state index is -1.08. The first-order chi connectivity index (χ1) is 8.31. The van der Waals surface area contributed by atoms with Gasteiger partial charge in [0.05, 0.1) is 7.11 Å². The standard InChI is InChI=1S/C13H23NO3S/c1-6-7-8-13(14-10-15,11(16)17-5)9-18-12(2,3)4/h6-9H2,1-5H3. The summed E-state index contributed by atoms with van der Waals surface area (Å²) in [6.45, 7) is 8.21. The van der Waals surface area contributed by atoms with Gasteiger partial charge in [0, 0.05) is 10.5 Å². The summed E-state index contributed by atoms with van der Waals surface area (Å²) in [7, 11) is 1.32. The van der Waals surface area contributed by atoms with Gasteiger partial charge in [0.25, 0.3) is 0 Å². The molecular formula is C13H23NO3S. The highest BCUT2D eigenvalue weighted by atomic mass is 32.2. The molecule has 0 rings (SSSR count). The van der Waals surface area contributed by atoms with Crippen LogP contribution in [0.15, 0.2) is 4.99 Å². The largest absolute Gasteiger partial charge is 0.467 e. The van der Waals surface area contributed by atoms with Crippen molar-refractivity contribution in [3.63, 3.8) is 0 Å². The van der Waals surface area contributed by atoms with Crippen LogP contribution in [0.5, 0.6) is 0 Å². The number of isocyanates is 1. The second-order valence-corrected chi connectivity index (χ2v) is 7.03. The summed E-state index contributed by atoms with van der Waals surface area (Å²) in [5, 5.41) is 0. The molecule has 0 saturated carbocycles. The van der Waals surface area contributed by atoms with Crippen LogP contribution < -0.4 is 0 Å². The zero-order valence-electron chi connectivity index (χ0n) is 11.9. The lowest BCUT2D eigenvalue weighted by atomic mass is 9.96. The van der Waals surface area contributed by atoms with Crippen LogP contribution in [0.4, 0.5) is 0 Å². The molecule has 0 saturated heterocycles. The Morgan fingerprint density at radius 2 is 2.00 bits per heavy atom. The van der Waals surface area contributed by atoms with Gasteiger partial charge in [0.15, 0.2) is 5.54 Å². The highest BCUT2D eigenvalue weighted by Crippen LogP contribution is 2.32. The van der Waals surface area contributed by atoms with Gasteiger partial charge in [-0.05, 0) is 6.42 Å². The predicted octanol–water partition coefficient (Wildman–Crippen LogP) is 2.96. The van der Waals surface area contributed by atoms with Crippen molar-refractivity contribution in [1.29, 1.82) is 0 Å². The first-order valence-electron chi connectivity index (χ1n) is 6.12. The van der Waals surface area contributed by atoms with Gasteiger partial charge < -0.3 is 4.74 Å². The summed E-state index contributed by atoms with van der Waals surface area (Å²) >= 11 is 1.60. The molecule has 4 nitrogen and oxygen atoms in total. The van der Waals surface area contributed by atoms with Crippen molar-refractivity contribution in [3.05, 3.63) is 0 Å². The van der Waals surface area contributed by atoms with Crippen LogP contribution in [0.2, 0.25) is 0 Å². The van der Waals surface area contributed by atoms with E-state index in [0.717, 1.165) is 12.8 Å². The van der Waals surface area contributed by atoms with E-state index in [9.17, 15) is 9.59 Å². The number of carbonyl (C=O) groups excluding carboxylic acids is 2. The zero-order valence-corrected chi connectivity index (χ0v) is 12.7. The first-order valence-corrected chi connectivity index (χ1v) is 7.11. The summed E-state index contributed by atoms with van der Waals surface area (Å²) in [5.41, 5.74) is -1.08. The third-order valence-corrected chi connectivity index (χ3v) is 4.00. The fraction of sp³-hybridized carbons (Fsp3) is 0.846. The maximum Gasteiger partial charge on any atom is 0.335 e. The highest BCUT2D eigenvalue weighted by Gasteiger charge is 2.40. The number of aliphatic imine (C=N–C) groups is 1. The number of hydrogen-bond donors (Lipinski definition) is 0. The topological polar surface area (TPSA) is 55.7 Å². The maximum absolute atomic E-state index is 11.9. The van der Waals surface area contributed by atoms with Crippen molar-refractivity contribution < 1.29 is 14.3 Å². The maximum atomic E-state index is 11.9. The van der Waals surface area contributed by atoms with Crippen LogP contribution in [-0.2, 0) is 14.3 Å². The van der Waals surface area contributed by atoms with E-state index < -0.39 is 11.5 Å². The number of esters is 1. The Labute approximate surface area is 114 Å². The van der Waals surface area contributed by atoms with E-state index in [-0.39, 0.29) is 4.75 Å². The molecule has 0 spiro atoms. The van der Waals surface area contributed by atoms with Gasteiger partial charge in [-0.15, -0.1) is 0 Å². The van der Waals surface area contributed by atoms with Crippen LogP contribution in [0, 0.1) is 0 Å². The van der Waals surface area contributed by atoms with E-state index in [0.29, 0.717) is 12.2 Å². The van der Waals surface area contributed by atoms with E-state index in [4.69, 9.17) is 4.74 Å². The number of carbonyl (C=O) groups is 1. The molecule has 1 atom stereocenters. The third kappa shape index (κ3) is 5.69. The molecule has 0 aromatic carbocycles. The first kappa shape index (κ1) is 17.2. The molecule has 0 radical (unpaired) electrons.